The Hall–Kier alpha value is -1.59. The van der Waals surface area contributed by atoms with Gasteiger partial charge in [-0.3, -0.25) is 9.69 Å². The van der Waals surface area contributed by atoms with Gasteiger partial charge in [0.25, 0.3) is 5.91 Å². The third-order valence-corrected chi connectivity index (χ3v) is 9.72. The number of phenols is 1. The summed E-state index contributed by atoms with van der Waals surface area (Å²) < 4.78 is 0. The van der Waals surface area contributed by atoms with Gasteiger partial charge < -0.3 is 15.1 Å². The number of piperidine rings is 1. The number of phenolic OH excluding ortho intramolecular Hbond substituents is 1. The first-order chi connectivity index (χ1) is 17.1. The molecule has 5 rings (SSSR count). The zero-order chi connectivity index (χ0) is 24.2. The molecule has 2 aliphatic heterocycles. The van der Waals surface area contributed by atoms with Crippen molar-refractivity contribution in [3.63, 3.8) is 0 Å². The van der Waals surface area contributed by atoms with Crippen LogP contribution in [-0.2, 0) is 4.79 Å². The third kappa shape index (κ3) is 6.05. The summed E-state index contributed by atoms with van der Waals surface area (Å²) in [6, 6.07) is 8.96. The number of carbonyl (C=O) groups is 1. The van der Waals surface area contributed by atoms with Crippen LogP contribution in [0.1, 0.15) is 101 Å². The molecule has 2 saturated heterocycles. The zero-order valence-electron chi connectivity index (χ0n) is 21.5. The normalized spacial score (nSPS) is 29.2. The lowest BCUT2D eigenvalue weighted by atomic mass is 9.84. The van der Waals surface area contributed by atoms with Crippen molar-refractivity contribution in [1.29, 1.82) is 0 Å². The van der Waals surface area contributed by atoms with Gasteiger partial charge in [-0.05, 0) is 86.8 Å². The Balaban J connectivity index is 1.22. The Morgan fingerprint density at radius 1 is 0.943 bits per heavy atom. The SMILES string of the molecule is O=C([C@H](O)C1CCCCC1)N(CCN1C2CCC1CC(c1cccc(O)c1)C2)CC1CCCCC1. The van der Waals surface area contributed by atoms with Gasteiger partial charge in [-0.25, -0.2) is 0 Å². The number of aliphatic hydroxyl groups is 1. The standard InChI is InChI=1S/C30H46N2O3/c33-28-13-7-12-24(20-28)25-18-26-14-15-27(19-25)32(26)17-16-31(21-22-8-3-1-4-9-22)30(35)29(34)23-10-5-2-6-11-23/h7,12-13,20,22-23,25-27,29,33-34H,1-6,8-11,14-19,21H2/t25?,26?,27?,29-/m1/s1. The van der Waals surface area contributed by atoms with E-state index in [9.17, 15) is 15.0 Å². The van der Waals surface area contributed by atoms with Crippen LogP contribution in [0.2, 0.25) is 0 Å². The lowest BCUT2D eigenvalue weighted by Gasteiger charge is -2.41. The summed E-state index contributed by atoms with van der Waals surface area (Å²) >= 11 is 0. The van der Waals surface area contributed by atoms with Crippen molar-refractivity contribution in [3.05, 3.63) is 29.8 Å². The molecular weight excluding hydrogens is 436 g/mol. The highest BCUT2D eigenvalue weighted by molar-refractivity contribution is 5.81. The van der Waals surface area contributed by atoms with Crippen molar-refractivity contribution >= 4 is 5.91 Å². The number of aliphatic hydroxyl groups excluding tert-OH is 1. The smallest absolute Gasteiger partial charge is 0.251 e. The van der Waals surface area contributed by atoms with E-state index >= 15 is 0 Å². The third-order valence-electron chi connectivity index (χ3n) is 9.72. The summed E-state index contributed by atoms with van der Waals surface area (Å²) in [6.07, 6.45) is 15.8. The predicted molar refractivity (Wildman–Crippen MR) is 139 cm³/mol. The molecule has 2 heterocycles. The fourth-order valence-corrected chi connectivity index (χ4v) is 7.74. The van der Waals surface area contributed by atoms with E-state index in [0.29, 0.717) is 29.7 Å². The van der Waals surface area contributed by atoms with Crippen molar-refractivity contribution in [2.24, 2.45) is 11.8 Å². The molecule has 5 heteroatoms. The molecule has 2 unspecified atom stereocenters. The molecule has 3 atom stereocenters. The molecule has 1 aromatic carbocycles. The molecule has 0 spiro atoms. The number of rotatable bonds is 8. The second-order valence-corrected chi connectivity index (χ2v) is 12.0. The number of aromatic hydroxyl groups is 1. The van der Waals surface area contributed by atoms with Crippen molar-refractivity contribution in [3.8, 4) is 5.75 Å². The highest BCUT2D eigenvalue weighted by atomic mass is 16.3. The number of carbonyl (C=O) groups excluding carboxylic acids is 1. The van der Waals surface area contributed by atoms with Crippen LogP contribution in [0, 0.1) is 11.8 Å². The number of hydrogen-bond acceptors (Lipinski definition) is 4. The second-order valence-electron chi connectivity index (χ2n) is 12.0. The van der Waals surface area contributed by atoms with Crippen molar-refractivity contribution in [1.82, 2.24) is 9.80 Å². The Morgan fingerprint density at radius 3 is 2.26 bits per heavy atom. The number of benzene rings is 1. The van der Waals surface area contributed by atoms with Gasteiger partial charge in [0.1, 0.15) is 11.9 Å². The van der Waals surface area contributed by atoms with Crippen LogP contribution in [0.5, 0.6) is 5.75 Å². The summed E-state index contributed by atoms with van der Waals surface area (Å²) in [5.74, 6) is 1.64. The Kier molecular flexibility index (Phi) is 8.34. The molecule has 2 N–H and O–H groups in total. The maximum atomic E-state index is 13.6. The Bertz CT molecular complexity index is 819. The van der Waals surface area contributed by atoms with Gasteiger partial charge in [0.2, 0.25) is 0 Å². The molecule has 2 bridgehead atoms. The van der Waals surface area contributed by atoms with Gasteiger partial charge in [-0.15, -0.1) is 0 Å². The zero-order valence-corrected chi connectivity index (χ0v) is 21.5. The summed E-state index contributed by atoms with van der Waals surface area (Å²) in [7, 11) is 0. The minimum Gasteiger partial charge on any atom is -0.508 e. The average Bonchev–Trinajstić information content (AvgIpc) is 3.13. The van der Waals surface area contributed by atoms with Crippen LogP contribution in [-0.4, -0.2) is 63.7 Å². The second kappa shape index (κ2) is 11.6. The fourth-order valence-electron chi connectivity index (χ4n) is 7.74. The van der Waals surface area contributed by atoms with E-state index in [4.69, 9.17) is 0 Å². The van der Waals surface area contributed by atoms with E-state index in [1.807, 2.05) is 12.1 Å². The van der Waals surface area contributed by atoms with E-state index in [2.05, 4.69) is 15.9 Å². The Labute approximate surface area is 211 Å². The number of fused-ring (bicyclic) bond motifs is 2. The van der Waals surface area contributed by atoms with E-state index in [-0.39, 0.29) is 11.8 Å². The van der Waals surface area contributed by atoms with Gasteiger partial charge in [-0.1, -0.05) is 50.7 Å². The van der Waals surface area contributed by atoms with Crippen LogP contribution in [0.15, 0.2) is 24.3 Å². The molecule has 1 aromatic rings. The van der Waals surface area contributed by atoms with Crippen molar-refractivity contribution in [2.75, 3.05) is 19.6 Å². The summed E-state index contributed by atoms with van der Waals surface area (Å²) in [5, 5.41) is 21.0. The van der Waals surface area contributed by atoms with E-state index < -0.39 is 6.10 Å². The van der Waals surface area contributed by atoms with Crippen LogP contribution in [0.4, 0.5) is 0 Å². The molecule has 35 heavy (non-hydrogen) atoms. The maximum absolute atomic E-state index is 13.6. The molecule has 194 valence electrons. The van der Waals surface area contributed by atoms with Gasteiger partial charge in [0.05, 0.1) is 0 Å². The highest BCUT2D eigenvalue weighted by Gasteiger charge is 2.41. The van der Waals surface area contributed by atoms with Gasteiger partial charge in [0, 0.05) is 31.7 Å². The van der Waals surface area contributed by atoms with Gasteiger partial charge in [0.15, 0.2) is 0 Å². The number of hydrogen-bond donors (Lipinski definition) is 2. The summed E-state index contributed by atoms with van der Waals surface area (Å²) in [5.41, 5.74) is 1.27. The van der Waals surface area contributed by atoms with Crippen LogP contribution in [0.25, 0.3) is 0 Å². The molecular formula is C30H46N2O3. The van der Waals surface area contributed by atoms with Crippen molar-refractivity contribution < 1.29 is 15.0 Å². The first kappa shape index (κ1) is 25.1. The van der Waals surface area contributed by atoms with Gasteiger partial charge in [-0.2, -0.15) is 0 Å². The fraction of sp³-hybridized carbons (Fsp3) is 0.767. The monoisotopic (exact) mass is 482 g/mol. The maximum Gasteiger partial charge on any atom is 0.251 e. The largest absolute Gasteiger partial charge is 0.508 e. The molecule has 5 nitrogen and oxygen atoms in total. The van der Waals surface area contributed by atoms with E-state index in [1.54, 1.807) is 6.07 Å². The predicted octanol–water partition coefficient (Wildman–Crippen LogP) is 5.45. The van der Waals surface area contributed by atoms with Crippen LogP contribution < -0.4 is 0 Å². The topological polar surface area (TPSA) is 64.0 Å². The average molecular weight is 483 g/mol. The first-order valence-electron chi connectivity index (χ1n) is 14.6. The van der Waals surface area contributed by atoms with Crippen molar-refractivity contribution in [2.45, 2.75) is 114 Å². The summed E-state index contributed by atoms with van der Waals surface area (Å²) in [4.78, 5) is 18.3. The highest BCUT2D eigenvalue weighted by Crippen LogP contribution is 2.43. The lowest BCUT2D eigenvalue weighted by Crippen LogP contribution is -2.50. The molecule has 0 aromatic heterocycles. The number of nitrogens with zero attached hydrogens (tertiary/aromatic N) is 2. The number of amides is 1. The van der Waals surface area contributed by atoms with E-state index in [1.165, 1.54) is 56.9 Å². The molecule has 2 saturated carbocycles. The molecule has 4 aliphatic rings. The quantitative estimate of drug-likeness (QED) is 0.517. The molecule has 1 amide bonds. The molecule has 0 radical (unpaired) electrons. The lowest BCUT2D eigenvalue weighted by molar-refractivity contribution is -0.145. The Morgan fingerprint density at radius 2 is 1.60 bits per heavy atom. The minimum absolute atomic E-state index is 0.00414. The first-order valence-corrected chi connectivity index (χ1v) is 14.6. The van der Waals surface area contributed by atoms with Crippen LogP contribution in [0.3, 0.4) is 0 Å². The minimum atomic E-state index is -0.813. The van der Waals surface area contributed by atoms with E-state index in [0.717, 1.165) is 58.2 Å². The molecule has 2 aliphatic carbocycles. The van der Waals surface area contributed by atoms with Gasteiger partial charge >= 0.3 is 0 Å². The summed E-state index contributed by atoms with van der Waals surface area (Å²) in [6.45, 7) is 2.51. The molecule has 4 fully saturated rings. The van der Waals surface area contributed by atoms with Crippen LogP contribution >= 0.6 is 0 Å².